The molecular weight excluding hydrogens is 401 g/mol. The van der Waals surface area contributed by atoms with Gasteiger partial charge in [-0.1, -0.05) is 18.2 Å². The van der Waals surface area contributed by atoms with Crippen molar-refractivity contribution in [1.29, 1.82) is 0 Å². The van der Waals surface area contributed by atoms with Crippen LogP contribution < -0.4 is 10.9 Å². The van der Waals surface area contributed by atoms with Gasteiger partial charge >= 0.3 is 0 Å². The monoisotopic (exact) mass is 420 g/mol. The largest absolute Gasteiger partial charge is 0.361 e. The van der Waals surface area contributed by atoms with Gasteiger partial charge in [-0.2, -0.15) is 0 Å². The van der Waals surface area contributed by atoms with Crippen molar-refractivity contribution in [3.05, 3.63) is 57.8 Å². The van der Waals surface area contributed by atoms with Crippen LogP contribution >= 0.6 is 11.8 Å². The molecule has 1 fully saturated rings. The Morgan fingerprint density at radius 2 is 1.93 bits per heavy atom. The van der Waals surface area contributed by atoms with Gasteiger partial charge < -0.3 is 9.88 Å². The molecule has 2 aromatic heterocycles. The van der Waals surface area contributed by atoms with E-state index in [0.29, 0.717) is 21.6 Å². The number of halogens is 3. The summed E-state index contributed by atoms with van der Waals surface area (Å²) in [5.41, 5.74) is -0.618. The van der Waals surface area contributed by atoms with Crippen molar-refractivity contribution in [1.82, 2.24) is 14.8 Å². The van der Waals surface area contributed by atoms with Crippen LogP contribution in [-0.4, -0.2) is 21.0 Å². The first kappa shape index (κ1) is 19.8. The molecule has 0 unspecified atom stereocenters. The molecule has 4 rings (SSSR count). The lowest BCUT2D eigenvalue weighted by Crippen LogP contribution is -2.18. The molecule has 0 radical (unpaired) electrons. The van der Waals surface area contributed by atoms with E-state index in [1.165, 1.54) is 23.9 Å². The minimum atomic E-state index is -2.89. The molecule has 0 saturated heterocycles. The number of hydrogen-bond donors (Lipinski definition) is 1. The summed E-state index contributed by atoms with van der Waals surface area (Å²) in [7, 11) is 0. The molecule has 0 amide bonds. The van der Waals surface area contributed by atoms with Crippen LogP contribution in [0.25, 0.3) is 10.8 Å². The highest BCUT2D eigenvalue weighted by Crippen LogP contribution is 2.36. The van der Waals surface area contributed by atoms with Crippen LogP contribution in [0.4, 0.5) is 19.0 Å². The smallest absolute Gasteiger partial charge is 0.266 e. The highest BCUT2D eigenvalue weighted by molar-refractivity contribution is 7.98. The van der Waals surface area contributed by atoms with Crippen molar-refractivity contribution in [3.63, 3.8) is 0 Å². The quantitative estimate of drug-likeness (QED) is 0.563. The molecule has 0 aliphatic heterocycles. The van der Waals surface area contributed by atoms with Crippen molar-refractivity contribution in [3.8, 4) is 0 Å². The maximum atomic E-state index is 14.5. The number of nitrogens with zero attached hydrogens (tertiary/aromatic N) is 3. The molecule has 5 nitrogen and oxygen atoms in total. The van der Waals surface area contributed by atoms with E-state index in [-0.39, 0.29) is 17.2 Å². The number of fused-ring (bicyclic) bond motifs is 1. The predicted molar refractivity (Wildman–Crippen MR) is 107 cm³/mol. The van der Waals surface area contributed by atoms with Crippen molar-refractivity contribution < 1.29 is 13.2 Å². The number of anilines is 1. The Morgan fingerprint density at radius 1 is 1.21 bits per heavy atom. The van der Waals surface area contributed by atoms with Gasteiger partial charge in [-0.25, -0.2) is 13.2 Å². The van der Waals surface area contributed by atoms with Gasteiger partial charge in [-0.3, -0.25) is 4.79 Å². The summed E-state index contributed by atoms with van der Waals surface area (Å²) in [5.74, 6) is -0.558. The topological polar surface area (TPSA) is 59.8 Å². The molecule has 29 heavy (non-hydrogen) atoms. The zero-order valence-electron chi connectivity index (χ0n) is 15.8. The fourth-order valence-electron chi connectivity index (χ4n) is 3.37. The summed E-state index contributed by atoms with van der Waals surface area (Å²) < 4.78 is 42.3. The van der Waals surface area contributed by atoms with Crippen LogP contribution in [-0.2, 0) is 0 Å². The molecule has 2 heterocycles. The molecule has 1 aromatic carbocycles. The maximum absolute atomic E-state index is 14.5. The summed E-state index contributed by atoms with van der Waals surface area (Å²) in [6, 6.07) is 5.04. The van der Waals surface area contributed by atoms with Gasteiger partial charge in [0.2, 0.25) is 0 Å². The minimum absolute atomic E-state index is 0.0991. The van der Waals surface area contributed by atoms with Gasteiger partial charge in [0, 0.05) is 34.6 Å². The van der Waals surface area contributed by atoms with Gasteiger partial charge in [0.05, 0.1) is 11.6 Å². The number of aromatic nitrogens is 3. The fraction of sp³-hybridized carbons (Fsp3) is 0.350. The average molecular weight is 420 g/mol. The van der Waals surface area contributed by atoms with Crippen LogP contribution in [0.15, 0.2) is 40.3 Å². The molecule has 152 valence electrons. The Kier molecular flexibility index (Phi) is 5.24. The number of pyridine rings is 1. The third-order valence-corrected chi connectivity index (χ3v) is 5.74. The number of benzene rings is 1. The predicted octanol–water partition coefficient (Wildman–Crippen LogP) is 5.10. The molecule has 1 aliphatic rings. The third-order valence-electron chi connectivity index (χ3n) is 5.05. The van der Waals surface area contributed by atoms with E-state index in [0.717, 1.165) is 18.9 Å². The number of rotatable bonds is 6. The Bertz CT molecular complexity index is 1130. The van der Waals surface area contributed by atoms with E-state index in [1.807, 2.05) is 6.26 Å². The molecule has 0 bridgehead atoms. The average Bonchev–Trinajstić information content (AvgIpc) is 3.52. The Morgan fingerprint density at radius 3 is 2.59 bits per heavy atom. The number of hydrogen-bond acceptors (Lipinski definition) is 5. The summed E-state index contributed by atoms with van der Waals surface area (Å²) in [4.78, 5) is 12.4. The van der Waals surface area contributed by atoms with E-state index in [9.17, 15) is 18.0 Å². The summed E-state index contributed by atoms with van der Waals surface area (Å²) in [6.07, 6.45) is 2.60. The molecule has 0 spiro atoms. The first-order chi connectivity index (χ1) is 13.9. The second kappa shape index (κ2) is 7.70. The molecule has 1 N–H and O–H groups in total. The van der Waals surface area contributed by atoms with Crippen LogP contribution in [0.5, 0.6) is 0 Å². The summed E-state index contributed by atoms with van der Waals surface area (Å²) >= 11 is 1.38. The van der Waals surface area contributed by atoms with Crippen molar-refractivity contribution >= 4 is 28.4 Å². The highest BCUT2D eigenvalue weighted by Gasteiger charge is 2.26. The number of nitrogens with one attached hydrogen (secondary N) is 1. The van der Waals surface area contributed by atoms with E-state index in [2.05, 4.69) is 15.5 Å². The van der Waals surface area contributed by atoms with E-state index in [1.54, 1.807) is 23.8 Å². The second-order valence-electron chi connectivity index (χ2n) is 7.05. The third kappa shape index (κ3) is 3.71. The van der Waals surface area contributed by atoms with Gasteiger partial charge in [-0.15, -0.1) is 22.0 Å². The standard InChI is InChI=1S/C20H19F3N4OS/c1-10(12-4-3-5-13(17(12)21)18(22)23)24-19-15-9-27(11-6-7-11)16(28)8-14(15)20(29-2)26-25-19/h3-5,8-11,18H,6-7H2,1-2H3,(H,24,25)/t10-/m1/s1. The highest BCUT2D eigenvalue weighted by atomic mass is 32.2. The Balaban J connectivity index is 1.77. The van der Waals surface area contributed by atoms with Gasteiger partial charge in [-0.05, 0) is 26.0 Å². The first-order valence-corrected chi connectivity index (χ1v) is 10.4. The van der Waals surface area contributed by atoms with Crippen molar-refractivity contribution in [2.24, 2.45) is 0 Å². The van der Waals surface area contributed by atoms with Gasteiger partial charge in [0.25, 0.3) is 12.0 Å². The van der Waals surface area contributed by atoms with Crippen LogP contribution in [0, 0.1) is 5.82 Å². The molecule has 3 aromatic rings. The lowest BCUT2D eigenvalue weighted by Gasteiger charge is -2.19. The van der Waals surface area contributed by atoms with Gasteiger partial charge in [0.1, 0.15) is 10.8 Å². The van der Waals surface area contributed by atoms with Crippen LogP contribution in [0.1, 0.15) is 49.4 Å². The van der Waals surface area contributed by atoms with E-state index in [4.69, 9.17) is 0 Å². The minimum Gasteiger partial charge on any atom is -0.361 e. The zero-order chi connectivity index (χ0) is 20.7. The maximum Gasteiger partial charge on any atom is 0.266 e. The fourth-order valence-corrected chi connectivity index (χ4v) is 3.88. The Hall–Kier alpha value is -2.55. The molecule has 1 atom stereocenters. The van der Waals surface area contributed by atoms with Crippen molar-refractivity contribution in [2.45, 2.75) is 43.3 Å². The SMILES string of the molecule is CSc1nnc(N[C@H](C)c2cccc(C(F)F)c2F)c2cn(C3CC3)c(=O)cc12. The molecule has 9 heteroatoms. The number of alkyl halides is 2. The molecule has 1 aliphatic carbocycles. The second-order valence-corrected chi connectivity index (χ2v) is 7.85. The van der Waals surface area contributed by atoms with Crippen molar-refractivity contribution in [2.75, 3.05) is 11.6 Å². The lowest BCUT2D eigenvalue weighted by atomic mass is 10.0. The normalized spacial score (nSPS) is 15.1. The van der Waals surface area contributed by atoms with E-state index >= 15 is 0 Å². The summed E-state index contributed by atoms with van der Waals surface area (Å²) in [5, 5.41) is 13.4. The molecule has 1 saturated carbocycles. The van der Waals surface area contributed by atoms with Gasteiger partial charge in [0.15, 0.2) is 5.82 Å². The summed E-state index contributed by atoms with van der Waals surface area (Å²) in [6.45, 7) is 1.67. The first-order valence-electron chi connectivity index (χ1n) is 9.20. The lowest BCUT2D eigenvalue weighted by molar-refractivity contribution is 0.146. The number of thioether (sulfide) groups is 1. The Labute approximate surface area is 169 Å². The van der Waals surface area contributed by atoms with E-state index < -0.39 is 23.8 Å². The zero-order valence-corrected chi connectivity index (χ0v) is 16.6. The van der Waals surface area contributed by atoms with Crippen LogP contribution in [0.2, 0.25) is 0 Å². The molecular formula is C20H19F3N4OS. The van der Waals surface area contributed by atoms with Crippen LogP contribution in [0.3, 0.4) is 0 Å².